The van der Waals surface area contributed by atoms with Gasteiger partial charge in [0.05, 0.1) is 0 Å². The Bertz CT molecular complexity index is 352. The van der Waals surface area contributed by atoms with Crippen LogP contribution in [-0.2, 0) is 11.3 Å². The van der Waals surface area contributed by atoms with E-state index in [1.165, 1.54) is 11.1 Å². The Morgan fingerprint density at radius 1 is 1.38 bits per heavy atom. The van der Waals surface area contributed by atoms with Gasteiger partial charge in [-0.2, -0.15) is 0 Å². The van der Waals surface area contributed by atoms with Gasteiger partial charge in [-0.1, -0.05) is 40.2 Å². The number of aryl methyl sites for hydroxylation is 1. The summed E-state index contributed by atoms with van der Waals surface area (Å²) in [5.41, 5.74) is 2.47. The van der Waals surface area contributed by atoms with E-state index in [9.17, 15) is 4.79 Å². The maximum atomic E-state index is 11.8. The van der Waals surface area contributed by atoms with Crippen molar-refractivity contribution in [1.82, 2.24) is 4.90 Å². The van der Waals surface area contributed by atoms with Crippen molar-refractivity contribution in [3.63, 3.8) is 0 Å². The molecule has 1 aromatic rings. The lowest BCUT2D eigenvalue weighted by Gasteiger charge is -2.21. The minimum atomic E-state index is 0.211. The molecule has 0 saturated carbocycles. The first-order valence-corrected chi connectivity index (χ1v) is 6.69. The molecule has 3 heteroatoms. The number of halogens is 1. The third-order valence-electron chi connectivity index (χ3n) is 2.67. The van der Waals surface area contributed by atoms with E-state index in [1.54, 1.807) is 0 Å². The van der Waals surface area contributed by atoms with E-state index in [-0.39, 0.29) is 5.91 Å². The molecule has 16 heavy (non-hydrogen) atoms. The van der Waals surface area contributed by atoms with Crippen molar-refractivity contribution in [2.45, 2.75) is 26.8 Å². The maximum Gasteiger partial charge on any atom is 0.223 e. The third kappa shape index (κ3) is 3.63. The number of carbonyl (C=O) groups is 1. The van der Waals surface area contributed by atoms with Gasteiger partial charge in [0.15, 0.2) is 0 Å². The molecular weight excluding hydrogens is 266 g/mol. The van der Waals surface area contributed by atoms with Crippen molar-refractivity contribution in [2.75, 3.05) is 11.9 Å². The average molecular weight is 284 g/mol. The van der Waals surface area contributed by atoms with Gasteiger partial charge < -0.3 is 4.90 Å². The Hall–Kier alpha value is -0.830. The van der Waals surface area contributed by atoms with Crippen LogP contribution in [0.3, 0.4) is 0 Å². The second-order valence-electron chi connectivity index (χ2n) is 3.77. The SMILES string of the molecule is CCN(Cc1ccccc1C)C(=O)CCBr. The van der Waals surface area contributed by atoms with Crippen LogP contribution in [0.25, 0.3) is 0 Å². The Morgan fingerprint density at radius 3 is 2.62 bits per heavy atom. The second kappa shape index (κ2) is 6.69. The van der Waals surface area contributed by atoms with Crippen molar-refractivity contribution in [3.8, 4) is 0 Å². The van der Waals surface area contributed by atoms with Gasteiger partial charge in [0, 0.05) is 24.8 Å². The highest BCUT2D eigenvalue weighted by molar-refractivity contribution is 9.09. The highest BCUT2D eigenvalue weighted by Gasteiger charge is 2.11. The van der Waals surface area contributed by atoms with Gasteiger partial charge in [0.2, 0.25) is 5.91 Å². The molecule has 0 saturated heterocycles. The van der Waals surface area contributed by atoms with E-state index >= 15 is 0 Å². The fourth-order valence-corrected chi connectivity index (χ4v) is 1.95. The molecule has 0 aliphatic rings. The lowest BCUT2D eigenvalue weighted by Crippen LogP contribution is -2.30. The number of hydrogen-bond acceptors (Lipinski definition) is 1. The summed E-state index contributed by atoms with van der Waals surface area (Å²) in [5, 5.41) is 0.732. The first kappa shape index (κ1) is 13.2. The summed E-state index contributed by atoms with van der Waals surface area (Å²) in [6, 6.07) is 8.21. The Morgan fingerprint density at radius 2 is 2.06 bits per heavy atom. The number of carbonyl (C=O) groups excluding carboxylic acids is 1. The molecule has 0 aromatic heterocycles. The van der Waals surface area contributed by atoms with Gasteiger partial charge >= 0.3 is 0 Å². The lowest BCUT2D eigenvalue weighted by molar-refractivity contribution is -0.131. The van der Waals surface area contributed by atoms with Crippen LogP contribution in [0.5, 0.6) is 0 Å². The van der Waals surface area contributed by atoms with Crippen LogP contribution in [0.2, 0.25) is 0 Å². The number of hydrogen-bond donors (Lipinski definition) is 0. The quantitative estimate of drug-likeness (QED) is 0.761. The third-order valence-corrected chi connectivity index (χ3v) is 3.06. The van der Waals surface area contributed by atoms with Crippen LogP contribution in [0, 0.1) is 6.92 Å². The van der Waals surface area contributed by atoms with Crippen molar-refractivity contribution in [3.05, 3.63) is 35.4 Å². The van der Waals surface area contributed by atoms with E-state index in [0.29, 0.717) is 6.42 Å². The van der Waals surface area contributed by atoms with Crippen LogP contribution < -0.4 is 0 Å². The van der Waals surface area contributed by atoms with Gasteiger partial charge in [-0.3, -0.25) is 4.79 Å². The van der Waals surface area contributed by atoms with Crippen LogP contribution in [0.4, 0.5) is 0 Å². The molecule has 2 nitrogen and oxygen atoms in total. The molecule has 0 N–H and O–H groups in total. The molecule has 88 valence electrons. The summed E-state index contributed by atoms with van der Waals surface area (Å²) in [6.07, 6.45) is 0.569. The van der Waals surface area contributed by atoms with Crippen LogP contribution >= 0.6 is 15.9 Å². The summed E-state index contributed by atoms with van der Waals surface area (Å²) in [7, 11) is 0. The smallest absolute Gasteiger partial charge is 0.223 e. The monoisotopic (exact) mass is 283 g/mol. The molecule has 0 spiro atoms. The summed E-state index contributed by atoms with van der Waals surface area (Å²) >= 11 is 3.30. The van der Waals surface area contributed by atoms with Gasteiger partial charge in [0.1, 0.15) is 0 Å². The molecule has 1 amide bonds. The molecule has 0 fully saturated rings. The standard InChI is InChI=1S/C13H18BrNO/c1-3-15(13(16)8-9-14)10-12-7-5-4-6-11(12)2/h4-7H,3,8-10H2,1-2H3. The number of rotatable bonds is 5. The van der Waals surface area contributed by atoms with Gasteiger partial charge in [-0.25, -0.2) is 0 Å². The zero-order valence-electron chi connectivity index (χ0n) is 9.87. The Kier molecular flexibility index (Phi) is 5.53. The zero-order valence-corrected chi connectivity index (χ0v) is 11.5. The second-order valence-corrected chi connectivity index (χ2v) is 4.57. The average Bonchev–Trinajstić information content (AvgIpc) is 2.28. The summed E-state index contributed by atoms with van der Waals surface area (Å²) in [4.78, 5) is 13.7. The first-order valence-electron chi connectivity index (χ1n) is 5.57. The van der Waals surface area contributed by atoms with Gasteiger partial charge in [0.25, 0.3) is 0 Å². The predicted molar refractivity (Wildman–Crippen MR) is 70.7 cm³/mol. The molecule has 0 aliphatic carbocycles. The molecule has 1 rings (SSSR count). The van der Waals surface area contributed by atoms with E-state index < -0.39 is 0 Å². The molecular formula is C13H18BrNO. The van der Waals surface area contributed by atoms with E-state index in [0.717, 1.165) is 18.4 Å². The van der Waals surface area contributed by atoms with Crippen molar-refractivity contribution in [2.24, 2.45) is 0 Å². The molecule has 0 unspecified atom stereocenters. The van der Waals surface area contributed by atoms with Crippen LogP contribution in [-0.4, -0.2) is 22.7 Å². The number of nitrogens with zero attached hydrogens (tertiary/aromatic N) is 1. The highest BCUT2D eigenvalue weighted by atomic mass is 79.9. The molecule has 0 radical (unpaired) electrons. The maximum absolute atomic E-state index is 11.8. The van der Waals surface area contributed by atoms with Gasteiger partial charge in [-0.15, -0.1) is 0 Å². The number of benzene rings is 1. The molecule has 0 atom stereocenters. The van der Waals surface area contributed by atoms with E-state index in [2.05, 4.69) is 35.0 Å². The summed E-state index contributed by atoms with van der Waals surface area (Å²) in [6.45, 7) is 5.58. The summed E-state index contributed by atoms with van der Waals surface area (Å²) in [5.74, 6) is 0.211. The number of alkyl halides is 1. The van der Waals surface area contributed by atoms with Crippen molar-refractivity contribution < 1.29 is 4.79 Å². The Balaban J connectivity index is 2.70. The van der Waals surface area contributed by atoms with E-state index in [1.807, 2.05) is 24.0 Å². The predicted octanol–water partition coefficient (Wildman–Crippen LogP) is 3.13. The fraction of sp³-hybridized carbons (Fsp3) is 0.462. The number of amides is 1. The zero-order chi connectivity index (χ0) is 12.0. The van der Waals surface area contributed by atoms with E-state index in [4.69, 9.17) is 0 Å². The minimum Gasteiger partial charge on any atom is -0.339 e. The van der Waals surface area contributed by atoms with Crippen molar-refractivity contribution >= 4 is 21.8 Å². The topological polar surface area (TPSA) is 20.3 Å². The molecule has 0 bridgehead atoms. The largest absolute Gasteiger partial charge is 0.339 e. The van der Waals surface area contributed by atoms with Crippen LogP contribution in [0.15, 0.2) is 24.3 Å². The molecule has 0 aliphatic heterocycles. The Labute approximate surface area is 106 Å². The normalized spacial score (nSPS) is 10.2. The van der Waals surface area contributed by atoms with Crippen LogP contribution in [0.1, 0.15) is 24.5 Å². The fourth-order valence-electron chi connectivity index (χ4n) is 1.61. The van der Waals surface area contributed by atoms with Crippen molar-refractivity contribution in [1.29, 1.82) is 0 Å². The molecule has 1 aromatic carbocycles. The van der Waals surface area contributed by atoms with Gasteiger partial charge in [-0.05, 0) is 25.0 Å². The first-order chi connectivity index (χ1) is 7.69. The summed E-state index contributed by atoms with van der Waals surface area (Å²) < 4.78 is 0. The minimum absolute atomic E-state index is 0.211. The highest BCUT2D eigenvalue weighted by Crippen LogP contribution is 2.11. The molecule has 0 heterocycles. The lowest BCUT2D eigenvalue weighted by atomic mass is 10.1.